The quantitative estimate of drug-likeness (QED) is 0.403. The van der Waals surface area contributed by atoms with Crippen LogP contribution in [0.15, 0.2) is 6.07 Å². The molecule has 0 radical (unpaired) electrons. The zero-order chi connectivity index (χ0) is 9.59. The van der Waals surface area contributed by atoms with Crippen LogP contribution in [0.4, 0.5) is 5.82 Å². The van der Waals surface area contributed by atoms with Gasteiger partial charge in [0, 0.05) is 5.59 Å². The first-order chi connectivity index (χ1) is 6.09. The standard InChI is InChI=1S/C6H9B3N4/c7-2-1-3-11-5(9)4(8)6(10)13(3)12-2/h1H,7-10H2. The molecule has 2 heterocycles. The lowest BCUT2D eigenvalue weighted by Crippen LogP contribution is -2.33. The Bertz CT molecular complexity index is 478. The lowest BCUT2D eigenvalue weighted by Gasteiger charge is -2.05. The molecule has 0 amide bonds. The van der Waals surface area contributed by atoms with E-state index in [1.54, 1.807) is 4.52 Å². The second-order valence-electron chi connectivity index (χ2n) is 3.26. The minimum Gasteiger partial charge on any atom is -0.384 e. The van der Waals surface area contributed by atoms with Crippen molar-refractivity contribution in [1.82, 2.24) is 14.6 Å². The van der Waals surface area contributed by atoms with E-state index in [9.17, 15) is 0 Å². The summed E-state index contributed by atoms with van der Waals surface area (Å²) in [6, 6.07) is 1.92. The number of fused-ring (bicyclic) bond motifs is 1. The van der Waals surface area contributed by atoms with Crippen LogP contribution in [0.3, 0.4) is 0 Å². The normalized spacial score (nSPS) is 10.8. The van der Waals surface area contributed by atoms with Crippen LogP contribution in [0.5, 0.6) is 0 Å². The van der Waals surface area contributed by atoms with Crippen molar-refractivity contribution in [1.29, 1.82) is 0 Å². The molecule has 13 heavy (non-hydrogen) atoms. The summed E-state index contributed by atoms with van der Waals surface area (Å²) in [7, 11) is 5.83. The van der Waals surface area contributed by atoms with Gasteiger partial charge in [-0.3, -0.25) is 0 Å². The van der Waals surface area contributed by atoms with Crippen LogP contribution in [-0.2, 0) is 0 Å². The largest absolute Gasteiger partial charge is 0.384 e. The molecule has 0 unspecified atom stereocenters. The predicted molar refractivity (Wildman–Crippen MR) is 61.9 cm³/mol. The molecule has 62 valence electrons. The van der Waals surface area contributed by atoms with Crippen molar-refractivity contribution in [2.75, 3.05) is 5.73 Å². The molecule has 0 aliphatic heterocycles. The summed E-state index contributed by atoms with van der Waals surface area (Å²) < 4.78 is 1.68. The van der Waals surface area contributed by atoms with Crippen molar-refractivity contribution in [3.63, 3.8) is 0 Å². The molecule has 0 bridgehead atoms. The molecule has 0 spiro atoms. The lowest BCUT2D eigenvalue weighted by molar-refractivity contribution is 0.977. The highest BCUT2D eigenvalue weighted by molar-refractivity contribution is 6.49. The maximum atomic E-state index is 5.89. The molecule has 2 rings (SSSR count). The van der Waals surface area contributed by atoms with Gasteiger partial charge in [0.15, 0.2) is 21.3 Å². The second-order valence-corrected chi connectivity index (χ2v) is 3.26. The summed E-state index contributed by atoms with van der Waals surface area (Å²) in [4.78, 5) is 4.38. The first-order valence-electron chi connectivity index (χ1n) is 4.18. The van der Waals surface area contributed by atoms with E-state index >= 15 is 0 Å². The van der Waals surface area contributed by atoms with Crippen molar-refractivity contribution >= 4 is 51.7 Å². The molecular formula is C6H9B3N4. The van der Waals surface area contributed by atoms with Crippen LogP contribution >= 0.6 is 0 Å². The summed E-state index contributed by atoms with van der Waals surface area (Å²) in [5.74, 6) is 0.676. The van der Waals surface area contributed by atoms with Crippen LogP contribution in [0.2, 0.25) is 0 Å². The molecule has 0 aliphatic rings. The smallest absolute Gasteiger partial charge is 0.166 e. The number of aromatic nitrogens is 3. The van der Waals surface area contributed by atoms with Gasteiger partial charge in [0.2, 0.25) is 0 Å². The predicted octanol–water partition coefficient (Wildman–Crippen LogP) is -4.91. The van der Waals surface area contributed by atoms with E-state index in [4.69, 9.17) is 5.73 Å². The van der Waals surface area contributed by atoms with Crippen LogP contribution in [0.1, 0.15) is 0 Å². The van der Waals surface area contributed by atoms with Gasteiger partial charge in [-0.05, 0) is 17.1 Å². The number of rotatable bonds is 0. The average Bonchev–Trinajstić information content (AvgIpc) is 2.42. The number of nitrogen functional groups attached to an aromatic ring is 1. The summed E-state index contributed by atoms with van der Waals surface area (Å²) in [5, 5.41) is 4.24. The second kappa shape index (κ2) is 2.55. The van der Waals surface area contributed by atoms with Gasteiger partial charge in [-0.1, -0.05) is 0 Å². The average molecular weight is 170 g/mol. The third-order valence-corrected chi connectivity index (χ3v) is 2.25. The Morgan fingerprint density at radius 1 is 1.31 bits per heavy atom. The van der Waals surface area contributed by atoms with Crippen LogP contribution in [-0.4, -0.2) is 38.1 Å². The van der Waals surface area contributed by atoms with E-state index in [1.165, 1.54) is 0 Å². The fourth-order valence-electron chi connectivity index (χ4n) is 1.34. The van der Waals surface area contributed by atoms with Gasteiger partial charge in [0.25, 0.3) is 0 Å². The third-order valence-electron chi connectivity index (χ3n) is 2.25. The zero-order valence-electron chi connectivity index (χ0n) is 8.00. The van der Waals surface area contributed by atoms with Crippen molar-refractivity contribution in [2.45, 2.75) is 0 Å². The van der Waals surface area contributed by atoms with Crippen LogP contribution < -0.4 is 22.4 Å². The van der Waals surface area contributed by atoms with E-state index in [1.807, 2.05) is 29.6 Å². The van der Waals surface area contributed by atoms with Gasteiger partial charge < -0.3 is 5.73 Å². The monoisotopic (exact) mass is 170 g/mol. The Morgan fingerprint density at radius 3 is 2.69 bits per heavy atom. The molecule has 2 aromatic rings. The summed E-state index contributed by atoms with van der Waals surface area (Å²) in [5.41, 5.74) is 9.60. The zero-order valence-corrected chi connectivity index (χ0v) is 8.00. The minimum atomic E-state index is 0.676. The third kappa shape index (κ3) is 1.11. The Labute approximate surface area is 78.8 Å². The number of nitrogens with zero attached hydrogens (tertiary/aromatic N) is 3. The summed E-state index contributed by atoms with van der Waals surface area (Å²) in [6.07, 6.45) is 0. The van der Waals surface area contributed by atoms with Crippen LogP contribution in [0, 0.1) is 0 Å². The van der Waals surface area contributed by atoms with Crippen molar-refractivity contribution in [3.05, 3.63) is 6.07 Å². The number of hydrogen-bond donors (Lipinski definition) is 1. The topological polar surface area (TPSA) is 56.2 Å². The van der Waals surface area contributed by atoms with E-state index in [0.717, 1.165) is 22.3 Å². The lowest BCUT2D eigenvalue weighted by atomic mass is 9.85. The molecule has 7 heteroatoms. The van der Waals surface area contributed by atoms with E-state index < -0.39 is 0 Å². The minimum absolute atomic E-state index is 0.676. The van der Waals surface area contributed by atoms with Gasteiger partial charge in [0.05, 0.1) is 0 Å². The molecule has 0 atom stereocenters. The highest BCUT2D eigenvalue weighted by Gasteiger charge is 2.06. The highest BCUT2D eigenvalue weighted by Crippen LogP contribution is 1.97. The fraction of sp³-hybridized carbons (Fsp3) is 0. The Kier molecular flexibility index (Phi) is 1.61. The van der Waals surface area contributed by atoms with Gasteiger partial charge in [0.1, 0.15) is 13.7 Å². The summed E-state index contributed by atoms with van der Waals surface area (Å²) >= 11 is 0. The SMILES string of the molecule is Bc1cc2nc(B)c(B)c(N)n2n1. The van der Waals surface area contributed by atoms with Gasteiger partial charge >= 0.3 is 0 Å². The Balaban J connectivity index is 2.92. The number of nitrogens with two attached hydrogens (primary N) is 1. The molecule has 0 fully saturated rings. The summed E-state index contributed by atoms with van der Waals surface area (Å²) in [6.45, 7) is 0. The molecule has 0 aliphatic carbocycles. The van der Waals surface area contributed by atoms with Gasteiger partial charge in [-0.25, -0.2) is 9.50 Å². The van der Waals surface area contributed by atoms with Crippen molar-refractivity contribution < 1.29 is 0 Å². The van der Waals surface area contributed by atoms with E-state index in [2.05, 4.69) is 10.1 Å². The first kappa shape index (κ1) is 8.22. The van der Waals surface area contributed by atoms with Crippen LogP contribution in [0.25, 0.3) is 5.65 Å². The molecule has 4 nitrogen and oxygen atoms in total. The molecule has 0 saturated heterocycles. The molecule has 0 saturated carbocycles. The molecular weight excluding hydrogens is 161 g/mol. The number of hydrogen-bond acceptors (Lipinski definition) is 3. The van der Waals surface area contributed by atoms with E-state index in [-0.39, 0.29) is 0 Å². The first-order valence-corrected chi connectivity index (χ1v) is 4.18. The fourth-order valence-corrected chi connectivity index (χ4v) is 1.34. The van der Waals surface area contributed by atoms with Gasteiger partial charge in [-0.15, -0.1) is 0 Å². The molecule has 0 aromatic carbocycles. The molecule has 2 aromatic heterocycles. The van der Waals surface area contributed by atoms with E-state index in [0.29, 0.717) is 5.82 Å². The maximum absolute atomic E-state index is 5.89. The molecule has 2 N–H and O–H groups in total. The van der Waals surface area contributed by atoms with Crippen molar-refractivity contribution in [3.8, 4) is 0 Å². The van der Waals surface area contributed by atoms with Crippen molar-refractivity contribution in [2.24, 2.45) is 0 Å². The maximum Gasteiger partial charge on any atom is 0.166 e. The number of anilines is 1. The Morgan fingerprint density at radius 2 is 2.00 bits per heavy atom. The highest BCUT2D eigenvalue weighted by atomic mass is 15.3. The van der Waals surface area contributed by atoms with Gasteiger partial charge in [-0.2, -0.15) is 5.10 Å². The Hall–Kier alpha value is -1.39.